The number of rotatable bonds is 12. The first kappa shape index (κ1) is 18.8. The fourth-order valence-corrected chi connectivity index (χ4v) is 2.13. The molecule has 0 aromatic heterocycles. The fraction of sp³-hybridized carbons (Fsp3) is 0.600. The van der Waals surface area contributed by atoms with E-state index < -0.39 is 0 Å². The van der Waals surface area contributed by atoms with E-state index in [1.807, 2.05) is 0 Å². The van der Waals surface area contributed by atoms with Crippen molar-refractivity contribution in [1.29, 1.82) is 0 Å². The van der Waals surface area contributed by atoms with Crippen LogP contribution in [0.2, 0.25) is 0 Å². The first-order valence-electron chi connectivity index (χ1n) is 8.21. The van der Waals surface area contributed by atoms with Crippen molar-refractivity contribution in [2.45, 2.75) is 78.1 Å². The van der Waals surface area contributed by atoms with Crippen LogP contribution in [0.5, 0.6) is 0 Å². The molecule has 0 N–H and O–H groups in total. The Kier molecular flexibility index (Phi) is 13.3. The second-order valence-electron chi connectivity index (χ2n) is 5.37. The van der Waals surface area contributed by atoms with Crippen LogP contribution in [0.4, 0.5) is 0 Å². The second kappa shape index (κ2) is 14.2. The van der Waals surface area contributed by atoms with Crippen LogP contribution in [0.15, 0.2) is 36.0 Å². The Bertz CT molecular complexity index is 336. The van der Waals surface area contributed by atoms with E-state index in [1.54, 1.807) is 0 Å². The van der Waals surface area contributed by atoms with E-state index in [2.05, 4.69) is 44.6 Å². The van der Waals surface area contributed by atoms with E-state index >= 15 is 0 Å². The van der Waals surface area contributed by atoms with E-state index in [1.165, 1.54) is 56.1 Å². The molecule has 0 aliphatic carbocycles. The summed E-state index contributed by atoms with van der Waals surface area (Å²) in [4.78, 5) is 0. The topological polar surface area (TPSA) is 0 Å². The third kappa shape index (κ3) is 10.7. The largest absolute Gasteiger partial charge is 0.120 e. The van der Waals surface area contributed by atoms with Crippen LogP contribution >= 0.6 is 0 Å². The number of unbranched alkanes of at least 4 members (excludes halogenated alkanes) is 5. The Labute approximate surface area is 127 Å². The molecule has 0 heteroatoms. The minimum absolute atomic E-state index is 0.714. The van der Waals surface area contributed by atoms with Gasteiger partial charge in [0.15, 0.2) is 0 Å². The first-order chi connectivity index (χ1) is 9.76. The van der Waals surface area contributed by atoms with E-state index in [9.17, 15) is 0 Å². The van der Waals surface area contributed by atoms with Crippen LogP contribution in [0, 0.1) is 12.3 Å². The zero-order chi connectivity index (χ0) is 15.1. The third-order valence-corrected chi connectivity index (χ3v) is 3.48. The van der Waals surface area contributed by atoms with Gasteiger partial charge in [0, 0.05) is 6.42 Å². The SMILES string of the molecule is C#CC/C=C(\CC=CCCCC)C(=C)CCCCCC. The highest BCUT2D eigenvalue weighted by Gasteiger charge is 2.01. The highest BCUT2D eigenvalue weighted by Crippen LogP contribution is 2.20. The summed E-state index contributed by atoms with van der Waals surface area (Å²) in [6.45, 7) is 8.72. The normalized spacial score (nSPS) is 11.8. The van der Waals surface area contributed by atoms with Crippen molar-refractivity contribution in [3.05, 3.63) is 36.0 Å². The molecular weight excluding hydrogens is 240 g/mol. The van der Waals surface area contributed by atoms with E-state index in [4.69, 9.17) is 6.42 Å². The van der Waals surface area contributed by atoms with Gasteiger partial charge in [-0.2, -0.15) is 0 Å². The van der Waals surface area contributed by atoms with Crippen LogP contribution in [-0.4, -0.2) is 0 Å². The van der Waals surface area contributed by atoms with Gasteiger partial charge in [-0.05, 0) is 31.3 Å². The van der Waals surface area contributed by atoms with Crippen molar-refractivity contribution in [1.82, 2.24) is 0 Å². The average Bonchev–Trinajstić information content (AvgIpc) is 2.46. The Balaban J connectivity index is 4.23. The maximum Gasteiger partial charge on any atom is 0.0272 e. The maximum absolute atomic E-state index is 5.37. The van der Waals surface area contributed by atoms with Crippen LogP contribution in [0.3, 0.4) is 0 Å². The molecule has 0 radical (unpaired) electrons. The van der Waals surface area contributed by atoms with Crippen LogP contribution in [0.25, 0.3) is 0 Å². The monoisotopic (exact) mass is 272 g/mol. The second-order valence-corrected chi connectivity index (χ2v) is 5.37. The molecule has 0 aliphatic heterocycles. The van der Waals surface area contributed by atoms with Gasteiger partial charge in [-0.3, -0.25) is 0 Å². The lowest BCUT2D eigenvalue weighted by Gasteiger charge is -2.09. The molecule has 0 aliphatic rings. The molecular formula is C20H32. The maximum atomic E-state index is 5.37. The van der Waals surface area contributed by atoms with Crippen LogP contribution in [0.1, 0.15) is 78.1 Å². The van der Waals surface area contributed by atoms with Gasteiger partial charge in [0.05, 0.1) is 0 Å². The minimum atomic E-state index is 0.714. The summed E-state index contributed by atoms with van der Waals surface area (Å²) in [7, 11) is 0. The molecule has 0 aromatic carbocycles. The van der Waals surface area contributed by atoms with Crippen molar-refractivity contribution in [2.75, 3.05) is 0 Å². The quantitative estimate of drug-likeness (QED) is 0.162. The molecule has 0 fully saturated rings. The molecule has 20 heavy (non-hydrogen) atoms. The Hall–Kier alpha value is -1.22. The molecule has 0 amide bonds. The minimum Gasteiger partial charge on any atom is -0.120 e. The lowest BCUT2D eigenvalue weighted by Crippen LogP contribution is -1.89. The summed E-state index contributed by atoms with van der Waals surface area (Å²) in [5.41, 5.74) is 2.61. The lowest BCUT2D eigenvalue weighted by atomic mass is 9.97. The number of hydrogen-bond acceptors (Lipinski definition) is 0. The summed E-state index contributed by atoms with van der Waals surface area (Å²) in [5, 5.41) is 0. The zero-order valence-corrected chi connectivity index (χ0v) is 13.6. The predicted molar refractivity (Wildman–Crippen MR) is 92.7 cm³/mol. The Morgan fingerprint density at radius 3 is 2.45 bits per heavy atom. The lowest BCUT2D eigenvalue weighted by molar-refractivity contribution is 0.665. The van der Waals surface area contributed by atoms with Gasteiger partial charge in [-0.1, -0.05) is 76.3 Å². The van der Waals surface area contributed by atoms with E-state index in [-0.39, 0.29) is 0 Å². The molecule has 0 saturated heterocycles. The van der Waals surface area contributed by atoms with Gasteiger partial charge in [-0.25, -0.2) is 0 Å². The third-order valence-electron chi connectivity index (χ3n) is 3.48. The summed E-state index contributed by atoms with van der Waals surface area (Å²) >= 11 is 0. The molecule has 0 bridgehead atoms. The Morgan fingerprint density at radius 1 is 1.05 bits per heavy atom. The zero-order valence-electron chi connectivity index (χ0n) is 13.6. The summed E-state index contributed by atoms with van der Waals surface area (Å²) in [6, 6.07) is 0. The van der Waals surface area contributed by atoms with Gasteiger partial charge < -0.3 is 0 Å². The van der Waals surface area contributed by atoms with Crippen LogP contribution < -0.4 is 0 Å². The van der Waals surface area contributed by atoms with Crippen LogP contribution in [-0.2, 0) is 0 Å². The van der Waals surface area contributed by atoms with Gasteiger partial charge in [-0.15, -0.1) is 12.3 Å². The van der Waals surface area contributed by atoms with Crippen molar-refractivity contribution < 1.29 is 0 Å². The highest BCUT2D eigenvalue weighted by molar-refractivity contribution is 5.31. The fourth-order valence-electron chi connectivity index (χ4n) is 2.13. The summed E-state index contributed by atoms with van der Waals surface area (Å²) < 4.78 is 0. The molecule has 0 spiro atoms. The highest BCUT2D eigenvalue weighted by atomic mass is 14.1. The molecule has 112 valence electrons. The van der Waals surface area contributed by atoms with Gasteiger partial charge >= 0.3 is 0 Å². The standard InChI is InChI=1S/C20H32/c1-5-8-11-13-15-18-20(17-10-7-3)19(4)16-14-12-9-6-2/h3,13,15,17H,4-6,8-12,14,16,18H2,1-2H3/b15-13?,20-17+. The van der Waals surface area contributed by atoms with Gasteiger partial charge in [0.25, 0.3) is 0 Å². The van der Waals surface area contributed by atoms with Crippen molar-refractivity contribution in [3.63, 3.8) is 0 Å². The van der Waals surface area contributed by atoms with Crippen molar-refractivity contribution in [2.24, 2.45) is 0 Å². The first-order valence-corrected chi connectivity index (χ1v) is 8.21. The molecule has 0 nitrogen and oxygen atoms in total. The number of hydrogen-bond donors (Lipinski definition) is 0. The molecule has 0 saturated carbocycles. The summed E-state index contributed by atoms with van der Waals surface area (Å²) in [6.07, 6.45) is 23.8. The molecule has 0 heterocycles. The van der Waals surface area contributed by atoms with Gasteiger partial charge in [0.2, 0.25) is 0 Å². The van der Waals surface area contributed by atoms with E-state index in [0.717, 1.165) is 12.8 Å². The Morgan fingerprint density at radius 2 is 1.80 bits per heavy atom. The van der Waals surface area contributed by atoms with Crippen molar-refractivity contribution >= 4 is 0 Å². The smallest absolute Gasteiger partial charge is 0.0272 e. The molecule has 0 atom stereocenters. The number of terminal acetylenes is 1. The molecule has 0 rings (SSSR count). The van der Waals surface area contributed by atoms with Crippen molar-refractivity contribution in [3.8, 4) is 12.3 Å². The predicted octanol–water partition coefficient (Wildman–Crippen LogP) is 6.60. The molecule has 0 unspecified atom stereocenters. The van der Waals surface area contributed by atoms with Gasteiger partial charge in [0.1, 0.15) is 0 Å². The van der Waals surface area contributed by atoms with E-state index in [0.29, 0.717) is 6.42 Å². The summed E-state index contributed by atoms with van der Waals surface area (Å²) in [5.74, 6) is 2.70. The number of allylic oxidation sites excluding steroid dienone is 5. The average molecular weight is 272 g/mol. The molecule has 0 aromatic rings.